The number of carbonyl (C=O) groups excluding carboxylic acids is 1. The van der Waals surface area contributed by atoms with Crippen molar-refractivity contribution in [3.8, 4) is 10.6 Å². The Bertz CT molecular complexity index is 833. The molecule has 10 heteroatoms. The first-order valence-corrected chi connectivity index (χ1v) is 8.60. The van der Waals surface area contributed by atoms with E-state index < -0.39 is 0 Å². The molecule has 2 heterocycles. The van der Waals surface area contributed by atoms with Crippen LogP contribution in [0.1, 0.15) is 40.0 Å². The lowest BCUT2D eigenvalue weighted by molar-refractivity contribution is 0.0956. The van der Waals surface area contributed by atoms with Crippen LogP contribution in [0.15, 0.2) is 4.79 Å². The molecule has 0 fully saturated rings. The van der Waals surface area contributed by atoms with Gasteiger partial charge in [0.05, 0.1) is 17.0 Å². The number of nitrogens with two attached hydrogens (primary N) is 1. The highest BCUT2D eigenvalue weighted by molar-refractivity contribution is 7.17. The number of amides is 1. The van der Waals surface area contributed by atoms with Crippen molar-refractivity contribution in [2.24, 2.45) is 12.8 Å². The molecule has 7 nitrogen and oxygen atoms in total. The average Bonchev–Trinajstić information content (AvgIpc) is 2.87. The molecule has 0 aliphatic heterocycles. The standard InChI is InChI=1S/C16H23N5O2S.2ClH/c1-8(17)6-7-18-14(22)13-11(4)19-15(24-13)12-9(2)10(3)20-21(5)16(12)23;;/h8H,6-7,17H2,1-5H3,(H,18,22);2*1H. The first-order valence-electron chi connectivity index (χ1n) is 7.78. The molecule has 3 N–H and O–H groups in total. The lowest BCUT2D eigenvalue weighted by Gasteiger charge is -2.07. The molecule has 0 radical (unpaired) electrons. The quantitative estimate of drug-likeness (QED) is 0.769. The summed E-state index contributed by atoms with van der Waals surface area (Å²) in [6, 6.07) is 0.0360. The van der Waals surface area contributed by atoms with Crippen LogP contribution in [-0.2, 0) is 7.05 Å². The van der Waals surface area contributed by atoms with E-state index in [9.17, 15) is 9.59 Å². The van der Waals surface area contributed by atoms with Crippen molar-refractivity contribution in [3.63, 3.8) is 0 Å². The third-order valence-corrected chi connectivity index (χ3v) is 5.00. The van der Waals surface area contributed by atoms with Gasteiger partial charge in [-0.2, -0.15) is 5.10 Å². The minimum absolute atomic E-state index is 0. The van der Waals surface area contributed by atoms with E-state index in [-0.39, 0.29) is 42.3 Å². The summed E-state index contributed by atoms with van der Waals surface area (Å²) >= 11 is 1.23. The molecule has 0 aliphatic rings. The van der Waals surface area contributed by atoms with Crippen LogP contribution in [0.3, 0.4) is 0 Å². The number of hydrogen-bond acceptors (Lipinski definition) is 6. The average molecular weight is 422 g/mol. The summed E-state index contributed by atoms with van der Waals surface area (Å²) in [5, 5.41) is 7.56. The highest BCUT2D eigenvalue weighted by Gasteiger charge is 2.20. The molecule has 0 saturated heterocycles. The van der Waals surface area contributed by atoms with Crippen molar-refractivity contribution in [1.29, 1.82) is 0 Å². The van der Waals surface area contributed by atoms with Crippen molar-refractivity contribution in [2.45, 2.75) is 40.2 Å². The lowest BCUT2D eigenvalue weighted by Crippen LogP contribution is -2.28. The van der Waals surface area contributed by atoms with E-state index in [0.29, 0.717) is 34.1 Å². The van der Waals surface area contributed by atoms with Gasteiger partial charge in [-0.3, -0.25) is 9.59 Å². The van der Waals surface area contributed by atoms with Gasteiger partial charge in [0.15, 0.2) is 0 Å². The van der Waals surface area contributed by atoms with E-state index in [1.165, 1.54) is 16.0 Å². The van der Waals surface area contributed by atoms with Crippen LogP contribution in [0.5, 0.6) is 0 Å². The third-order valence-electron chi connectivity index (χ3n) is 3.83. The Hall–Kier alpha value is -1.48. The van der Waals surface area contributed by atoms with Crippen LogP contribution in [0.25, 0.3) is 10.6 Å². The van der Waals surface area contributed by atoms with Crippen molar-refractivity contribution in [3.05, 3.63) is 32.2 Å². The minimum atomic E-state index is -0.212. The molecule has 2 aromatic rings. The van der Waals surface area contributed by atoms with E-state index >= 15 is 0 Å². The molecule has 1 atom stereocenters. The molecule has 0 saturated carbocycles. The van der Waals surface area contributed by atoms with Crippen LogP contribution in [-0.4, -0.2) is 33.3 Å². The summed E-state index contributed by atoms with van der Waals surface area (Å²) in [5.74, 6) is -0.183. The van der Waals surface area contributed by atoms with Gasteiger partial charge in [0, 0.05) is 19.6 Å². The van der Waals surface area contributed by atoms with Crippen molar-refractivity contribution in [1.82, 2.24) is 20.1 Å². The second-order valence-electron chi connectivity index (χ2n) is 5.97. The molecule has 0 aliphatic carbocycles. The van der Waals surface area contributed by atoms with Gasteiger partial charge in [-0.05, 0) is 39.7 Å². The molecule has 0 spiro atoms. The maximum absolute atomic E-state index is 12.4. The number of nitrogens with zero attached hydrogens (tertiary/aromatic N) is 3. The SMILES string of the molecule is Cc1nc(-c2c(C)c(C)nn(C)c2=O)sc1C(=O)NCCC(C)N.Cl.Cl. The Balaban J connectivity index is 0.00000312. The first kappa shape index (κ1) is 24.5. The molecule has 26 heavy (non-hydrogen) atoms. The highest BCUT2D eigenvalue weighted by atomic mass is 35.5. The fourth-order valence-electron chi connectivity index (χ4n) is 2.31. The van der Waals surface area contributed by atoms with Crippen molar-refractivity contribution in [2.75, 3.05) is 6.54 Å². The number of hydrogen-bond donors (Lipinski definition) is 2. The van der Waals surface area contributed by atoms with Crippen LogP contribution in [0.2, 0.25) is 0 Å². The summed E-state index contributed by atoms with van der Waals surface area (Å²) in [6.07, 6.45) is 0.708. The number of carbonyl (C=O) groups is 1. The summed E-state index contributed by atoms with van der Waals surface area (Å²) in [6.45, 7) is 7.87. The Morgan fingerprint density at radius 3 is 2.46 bits per heavy atom. The van der Waals surface area contributed by atoms with Crippen molar-refractivity contribution < 1.29 is 4.79 Å². The maximum atomic E-state index is 12.4. The van der Waals surface area contributed by atoms with E-state index in [1.54, 1.807) is 14.0 Å². The van der Waals surface area contributed by atoms with Gasteiger partial charge in [-0.25, -0.2) is 9.67 Å². The topological polar surface area (TPSA) is 103 Å². The van der Waals surface area contributed by atoms with Gasteiger partial charge in [0.25, 0.3) is 11.5 Å². The zero-order valence-electron chi connectivity index (χ0n) is 15.5. The fraction of sp³-hybridized carbons (Fsp3) is 0.500. The van der Waals surface area contributed by atoms with E-state index in [1.807, 2.05) is 20.8 Å². The molecule has 0 aromatic carbocycles. The van der Waals surface area contributed by atoms with Gasteiger partial charge in [0.2, 0.25) is 0 Å². The molecule has 1 amide bonds. The van der Waals surface area contributed by atoms with E-state index in [0.717, 1.165) is 11.3 Å². The normalized spacial score (nSPS) is 11.3. The number of aryl methyl sites for hydroxylation is 3. The third kappa shape index (κ3) is 5.26. The van der Waals surface area contributed by atoms with Gasteiger partial charge in [-0.1, -0.05) is 0 Å². The number of thiazole rings is 1. The number of rotatable bonds is 5. The summed E-state index contributed by atoms with van der Waals surface area (Å²) in [5.41, 5.74) is 8.15. The molecule has 146 valence electrons. The number of aromatic nitrogens is 3. The predicted octanol–water partition coefficient (Wildman–Crippen LogP) is 2.14. The van der Waals surface area contributed by atoms with Crippen molar-refractivity contribution >= 4 is 42.1 Å². The molecule has 1 unspecified atom stereocenters. The Kier molecular flexibility index (Phi) is 9.44. The fourth-order valence-corrected chi connectivity index (χ4v) is 3.38. The summed E-state index contributed by atoms with van der Waals surface area (Å²) < 4.78 is 1.30. The van der Waals surface area contributed by atoms with Crippen LogP contribution in [0.4, 0.5) is 0 Å². The predicted molar refractivity (Wildman–Crippen MR) is 110 cm³/mol. The van der Waals surface area contributed by atoms with Gasteiger partial charge >= 0.3 is 0 Å². The molecular weight excluding hydrogens is 397 g/mol. The maximum Gasteiger partial charge on any atom is 0.277 e. The summed E-state index contributed by atoms with van der Waals surface area (Å²) in [4.78, 5) is 29.7. The van der Waals surface area contributed by atoms with Crippen LogP contribution < -0.4 is 16.6 Å². The van der Waals surface area contributed by atoms with Crippen LogP contribution >= 0.6 is 36.2 Å². The Labute approximate surface area is 169 Å². The minimum Gasteiger partial charge on any atom is -0.351 e. The highest BCUT2D eigenvalue weighted by Crippen LogP contribution is 2.28. The molecule has 0 bridgehead atoms. The lowest BCUT2D eigenvalue weighted by atomic mass is 10.1. The Morgan fingerprint density at radius 1 is 1.27 bits per heavy atom. The largest absolute Gasteiger partial charge is 0.351 e. The van der Waals surface area contributed by atoms with Gasteiger partial charge in [-0.15, -0.1) is 36.2 Å². The number of halogens is 2. The molecule has 2 aromatic heterocycles. The zero-order valence-corrected chi connectivity index (χ0v) is 17.9. The number of nitrogens with one attached hydrogen (secondary N) is 1. The second-order valence-corrected chi connectivity index (χ2v) is 6.97. The monoisotopic (exact) mass is 421 g/mol. The Morgan fingerprint density at radius 2 is 1.88 bits per heavy atom. The smallest absolute Gasteiger partial charge is 0.277 e. The van der Waals surface area contributed by atoms with Crippen LogP contribution in [0, 0.1) is 20.8 Å². The first-order chi connectivity index (χ1) is 11.2. The summed E-state index contributed by atoms with van der Waals surface area (Å²) in [7, 11) is 1.61. The molecule has 2 rings (SSSR count). The second kappa shape index (κ2) is 10.0. The van der Waals surface area contributed by atoms with Gasteiger partial charge < -0.3 is 11.1 Å². The van der Waals surface area contributed by atoms with E-state index in [2.05, 4.69) is 15.4 Å². The molecular formula is C16H25Cl2N5O2S. The van der Waals surface area contributed by atoms with Gasteiger partial charge in [0.1, 0.15) is 9.88 Å². The zero-order chi connectivity index (χ0) is 18.0. The van der Waals surface area contributed by atoms with E-state index in [4.69, 9.17) is 5.73 Å².